The number of carbonyl (C=O) groups is 3. The van der Waals surface area contributed by atoms with Gasteiger partial charge in [-0.2, -0.15) is 0 Å². The van der Waals surface area contributed by atoms with Gasteiger partial charge in [0.2, 0.25) is 5.92 Å². The number of benzene rings is 1. The standard InChI is InChI=1S/C21H21F2NO5/c1-3-28-20(26)18(21(27)29-4-2)19(25)16(17-10-9-15(23)12-24-17)11-13-5-7-14(22)8-6-13/h5-10,12,16,18H,3-4,11H2,1-2H3. The average Bonchev–Trinajstić information content (AvgIpc) is 2.69. The first-order chi connectivity index (χ1) is 13.9. The summed E-state index contributed by atoms with van der Waals surface area (Å²) >= 11 is 0. The molecule has 29 heavy (non-hydrogen) atoms. The normalized spacial score (nSPS) is 11.8. The minimum atomic E-state index is -1.80. The van der Waals surface area contributed by atoms with E-state index < -0.39 is 41.2 Å². The lowest BCUT2D eigenvalue weighted by atomic mass is 9.85. The van der Waals surface area contributed by atoms with Crippen molar-refractivity contribution in [1.82, 2.24) is 4.98 Å². The summed E-state index contributed by atoms with van der Waals surface area (Å²) < 4.78 is 36.3. The number of carbonyl (C=O) groups excluding carboxylic acids is 3. The average molecular weight is 405 g/mol. The van der Waals surface area contributed by atoms with Gasteiger partial charge >= 0.3 is 11.9 Å². The quantitative estimate of drug-likeness (QED) is 0.471. The maximum atomic E-state index is 13.3. The maximum Gasteiger partial charge on any atom is 0.328 e. The molecule has 6 nitrogen and oxygen atoms in total. The second kappa shape index (κ2) is 10.4. The van der Waals surface area contributed by atoms with E-state index in [4.69, 9.17) is 9.47 Å². The van der Waals surface area contributed by atoms with Crippen LogP contribution < -0.4 is 0 Å². The molecule has 0 saturated carbocycles. The molecule has 0 aliphatic carbocycles. The largest absolute Gasteiger partial charge is 0.465 e. The fourth-order valence-electron chi connectivity index (χ4n) is 2.78. The van der Waals surface area contributed by atoms with Gasteiger partial charge in [-0.1, -0.05) is 12.1 Å². The van der Waals surface area contributed by atoms with Gasteiger partial charge in [-0.25, -0.2) is 8.78 Å². The van der Waals surface area contributed by atoms with Gasteiger partial charge < -0.3 is 9.47 Å². The van der Waals surface area contributed by atoms with E-state index in [-0.39, 0.29) is 25.3 Å². The molecular formula is C21H21F2NO5. The van der Waals surface area contributed by atoms with E-state index in [9.17, 15) is 23.2 Å². The van der Waals surface area contributed by atoms with E-state index in [1.807, 2.05) is 0 Å². The lowest BCUT2D eigenvalue weighted by Crippen LogP contribution is -2.38. The minimum absolute atomic E-state index is 0.0209. The van der Waals surface area contributed by atoms with E-state index in [0.29, 0.717) is 5.56 Å². The number of pyridine rings is 1. The molecule has 1 aromatic carbocycles. The highest BCUT2D eigenvalue weighted by Gasteiger charge is 2.41. The highest BCUT2D eigenvalue weighted by Crippen LogP contribution is 2.26. The van der Waals surface area contributed by atoms with Gasteiger partial charge in [0.15, 0.2) is 5.78 Å². The van der Waals surface area contributed by atoms with Crippen LogP contribution in [0, 0.1) is 17.6 Å². The fraction of sp³-hybridized carbons (Fsp3) is 0.333. The number of aromatic nitrogens is 1. The number of hydrogen-bond donors (Lipinski definition) is 0. The Bertz CT molecular complexity index is 834. The van der Waals surface area contributed by atoms with Crippen molar-refractivity contribution in [2.24, 2.45) is 5.92 Å². The predicted molar refractivity (Wildman–Crippen MR) is 98.8 cm³/mol. The van der Waals surface area contributed by atoms with Gasteiger partial charge in [-0.3, -0.25) is 19.4 Å². The van der Waals surface area contributed by atoms with Crippen LogP contribution in [0.3, 0.4) is 0 Å². The Morgan fingerprint density at radius 1 is 0.897 bits per heavy atom. The number of ketones is 1. The second-order valence-corrected chi connectivity index (χ2v) is 6.12. The summed E-state index contributed by atoms with van der Waals surface area (Å²) in [6.45, 7) is 3.03. The zero-order chi connectivity index (χ0) is 21.4. The molecular weight excluding hydrogens is 384 g/mol. The van der Waals surface area contributed by atoms with Crippen LogP contribution >= 0.6 is 0 Å². The summed E-state index contributed by atoms with van der Waals surface area (Å²) in [5.74, 6) is -6.76. The Kier molecular flexibility index (Phi) is 7.94. The molecule has 0 fully saturated rings. The molecule has 0 aliphatic rings. The van der Waals surface area contributed by atoms with E-state index in [0.717, 1.165) is 12.3 Å². The third kappa shape index (κ3) is 5.91. The van der Waals surface area contributed by atoms with Crippen molar-refractivity contribution in [1.29, 1.82) is 0 Å². The highest BCUT2D eigenvalue weighted by molar-refractivity contribution is 6.16. The van der Waals surface area contributed by atoms with E-state index in [2.05, 4.69) is 4.98 Å². The number of Topliss-reactive ketones (excluding diaryl/α,β-unsaturated/α-hetero) is 1. The molecule has 0 amide bonds. The SMILES string of the molecule is CCOC(=O)C(C(=O)OCC)C(=O)C(Cc1ccc(F)cc1)c1ccc(F)cn1. The third-order valence-corrected chi connectivity index (χ3v) is 4.13. The second-order valence-electron chi connectivity index (χ2n) is 6.12. The number of nitrogens with zero attached hydrogens (tertiary/aromatic N) is 1. The van der Waals surface area contributed by atoms with E-state index in [1.165, 1.54) is 30.3 Å². The summed E-state index contributed by atoms with van der Waals surface area (Å²) in [7, 11) is 0. The monoisotopic (exact) mass is 405 g/mol. The number of ether oxygens (including phenoxy) is 2. The molecule has 1 heterocycles. The van der Waals surface area contributed by atoms with Crippen molar-refractivity contribution in [2.75, 3.05) is 13.2 Å². The van der Waals surface area contributed by atoms with Crippen LogP contribution in [0.4, 0.5) is 8.78 Å². The summed E-state index contributed by atoms with van der Waals surface area (Å²) in [4.78, 5) is 41.8. The molecule has 154 valence electrons. The molecule has 0 aliphatic heterocycles. The van der Waals surface area contributed by atoms with Crippen LogP contribution in [-0.2, 0) is 30.3 Å². The summed E-state index contributed by atoms with van der Waals surface area (Å²) in [6.07, 6.45) is 0.955. The van der Waals surface area contributed by atoms with Gasteiger partial charge in [-0.15, -0.1) is 0 Å². The van der Waals surface area contributed by atoms with Crippen molar-refractivity contribution in [3.8, 4) is 0 Å². The van der Waals surface area contributed by atoms with Gasteiger partial charge in [-0.05, 0) is 50.1 Å². The molecule has 2 rings (SSSR count). The van der Waals surface area contributed by atoms with E-state index in [1.54, 1.807) is 13.8 Å². The van der Waals surface area contributed by atoms with Gasteiger partial charge in [0, 0.05) is 0 Å². The highest BCUT2D eigenvalue weighted by atomic mass is 19.1. The molecule has 1 aromatic heterocycles. The Hall–Kier alpha value is -3.16. The molecule has 0 N–H and O–H groups in total. The fourth-order valence-corrected chi connectivity index (χ4v) is 2.78. The lowest BCUT2D eigenvalue weighted by molar-refractivity contribution is -0.164. The van der Waals surface area contributed by atoms with E-state index >= 15 is 0 Å². The Morgan fingerprint density at radius 3 is 1.93 bits per heavy atom. The summed E-state index contributed by atoms with van der Waals surface area (Å²) in [6, 6.07) is 7.82. The zero-order valence-electron chi connectivity index (χ0n) is 16.1. The van der Waals surface area contributed by atoms with Crippen LogP contribution in [-0.4, -0.2) is 35.9 Å². The van der Waals surface area contributed by atoms with Crippen LogP contribution in [0.2, 0.25) is 0 Å². The lowest BCUT2D eigenvalue weighted by Gasteiger charge is -2.20. The van der Waals surface area contributed by atoms with Crippen molar-refractivity contribution in [3.05, 3.63) is 65.5 Å². The summed E-state index contributed by atoms with van der Waals surface area (Å²) in [5, 5.41) is 0. The number of hydrogen-bond acceptors (Lipinski definition) is 6. The van der Waals surface area contributed by atoms with Gasteiger partial charge in [0.25, 0.3) is 0 Å². The Morgan fingerprint density at radius 2 is 1.45 bits per heavy atom. The maximum absolute atomic E-state index is 13.3. The van der Waals surface area contributed by atoms with Gasteiger partial charge in [0.1, 0.15) is 11.6 Å². The molecule has 8 heteroatoms. The minimum Gasteiger partial charge on any atom is -0.465 e. The molecule has 0 bridgehead atoms. The first kappa shape index (κ1) is 22.1. The van der Waals surface area contributed by atoms with Crippen LogP contribution in [0.5, 0.6) is 0 Å². The molecule has 2 aromatic rings. The van der Waals surface area contributed by atoms with Crippen molar-refractivity contribution in [2.45, 2.75) is 26.2 Å². The van der Waals surface area contributed by atoms with Crippen LogP contribution in [0.25, 0.3) is 0 Å². The number of rotatable bonds is 9. The smallest absolute Gasteiger partial charge is 0.328 e. The van der Waals surface area contributed by atoms with Crippen LogP contribution in [0.15, 0.2) is 42.6 Å². The Balaban J connectivity index is 2.44. The molecule has 1 unspecified atom stereocenters. The first-order valence-corrected chi connectivity index (χ1v) is 9.10. The number of halogens is 2. The van der Waals surface area contributed by atoms with Crippen molar-refractivity contribution in [3.63, 3.8) is 0 Å². The zero-order valence-corrected chi connectivity index (χ0v) is 16.1. The predicted octanol–water partition coefficient (Wildman–Crippen LogP) is 3.00. The van der Waals surface area contributed by atoms with Crippen molar-refractivity contribution >= 4 is 17.7 Å². The molecule has 0 radical (unpaired) electrons. The number of esters is 2. The Labute approximate surface area is 166 Å². The molecule has 0 saturated heterocycles. The molecule has 0 spiro atoms. The first-order valence-electron chi connectivity index (χ1n) is 9.10. The van der Waals surface area contributed by atoms with Crippen LogP contribution in [0.1, 0.15) is 31.0 Å². The van der Waals surface area contributed by atoms with Gasteiger partial charge in [0.05, 0.1) is 31.0 Å². The summed E-state index contributed by atoms with van der Waals surface area (Å²) in [5.41, 5.74) is 0.738. The van der Waals surface area contributed by atoms with Crippen molar-refractivity contribution < 1.29 is 32.6 Å². The topological polar surface area (TPSA) is 82.6 Å². The molecule has 1 atom stereocenters. The third-order valence-electron chi connectivity index (χ3n) is 4.13.